The largest absolute Gasteiger partial charge is 0.360 e. The second kappa shape index (κ2) is 2.67. The van der Waals surface area contributed by atoms with Gasteiger partial charge in [0.25, 0.3) is 0 Å². The number of rotatable bonds is 2. The Balaban J connectivity index is 2.02. The third kappa shape index (κ3) is 1.29. The Hall–Kier alpha value is -0.820. The monoisotopic (exact) mass is 148 g/mol. The number of hydrogen-bond acceptors (Lipinski definition) is 1. The summed E-state index contributed by atoms with van der Waals surface area (Å²) < 4.78 is 5.40. The molecule has 1 aliphatic carbocycles. The Morgan fingerprint density at radius 2 is 2.55 bits per heavy atom. The Morgan fingerprint density at radius 3 is 3.36 bits per heavy atom. The zero-order valence-corrected chi connectivity index (χ0v) is 6.66. The molecule has 1 aliphatic heterocycles. The van der Waals surface area contributed by atoms with E-state index >= 15 is 0 Å². The van der Waals surface area contributed by atoms with Crippen LogP contribution < -0.4 is 0 Å². The normalized spacial score (nSPS) is 33.7. The fraction of sp³-hybridized carbons (Fsp3) is 0.400. The van der Waals surface area contributed by atoms with Crippen molar-refractivity contribution < 1.29 is 4.74 Å². The van der Waals surface area contributed by atoms with Crippen LogP contribution >= 0.6 is 0 Å². The smallest absolute Gasteiger partial charge is 0.110 e. The van der Waals surface area contributed by atoms with Gasteiger partial charge >= 0.3 is 0 Å². The predicted molar refractivity (Wildman–Crippen MR) is 45.3 cm³/mol. The van der Waals surface area contributed by atoms with E-state index in [-0.39, 0.29) is 0 Å². The van der Waals surface area contributed by atoms with Crippen molar-refractivity contribution in [1.82, 2.24) is 0 Å². The number of hydrogen-bond donors (Lipinski definition) is 0. The van der Waals surface area contributed by atoms with E-state index in [2.05, 4.69) is 30.4 Å². The van der Waals surface area contributed by atoms with Crippen LogP contribution in [0.15, 0.2) is 36.0 Å². The average Bonchev–Trinajstić information content (AvgIpc) is 2.79. The summed E-state index contributed by atoms with van der Waals surface area (Å²) in [6.45, 7) is 2.05. The fourth-order valence-corrected chi connectivity index (χ4v) is 1.39. The van der Waals surface area contributed by atoms with Gasteiger partial charge < -0.3 is 4.74 Å². The summed E-state index contributed by atoms with van der Waals surface area (Å²) in [6, 6.07) is 0. The second-order valence-corrected chi connectivity index (χ2v) is 2.92. The first-order chi connectivity index (χ1) is 5.42. The standard InChI is InChI=1S/C10H12O/c1-2-3-5-8-6-4-7-9-10(8)11-9/h2-4,6-7,9-10H,5H2,1H3. The molecule has 2 aliphatic rings. The molecule has 11 heavy (non-hydrogen) atoms. The minimum atomic E-state index is 0.403. The lowest BCUT2D eigenvalue weighted by atomic mass is 10.0. The lowest BCUT2D eigenvalue weighted by molar-refractivity contribution is 0.407. The van der Waals surface area contributed by atoms with Gasteiger partial charge in [-0.25, -0.2) is 0 Å². The van der Waals surface area contributed by atoms with Crippen molar-refractivity contribution in [2.24, 2.45) is 0 Å². The van der Waals surface area contributed by atoms with E-state index in [9.17, 15) is 0 Å². The van der Waals surface area contributed by atoms with Gasteiger partial charge in [0.2, 0.25) is 0 Å². The molecule has 0 radical (unpaired) electrons. The molecule has 0 aromatic carbocycles. The van der Waals surface area contributed by atoms with Crippen LogP contribution in [0.4, 0.5) is 0 Å². The Kier molecular flexibility index (Phi) is 1.66. The molecule has 58 valence electrons. The van der Waals surface area contributed by atoms with Crippen molar-refractivity contribution in [1.29, 1.82) is 0 Å². The quantitative estimate of drug-likeness (QED) is 0.432. The van der Waals surface area contributed by atoms with Crippen LogP contribution in [0.25, 0.3) is 0 Å². The SMILES string of the molecule is CC=CCC1=CC=CC2OC12. The molecule has 0 N–H and O–H groups in total. The molecular formula is C10H12O. The third-order valence-corrected chi connectivity index (χ3v) is 2.09. The molecule has 0 spiro atoms. The highest BCUT2D eigenvalue weighted by Crippen LogP contribution is 2.34. The molecule has 0 bridgehead atoms. The van der Waals surface area contributed by atoms with Crippen molar-refractivity contribution in [3.8, 4) is 0 Å². The van der Waals surface area contributed by atoms with Crippen molar-refractivity contribution in [2.75, 3.05) is 0 Å². The van der Waals surface area contributed by atoms with Crippen LogP contribution in [0.2, 0.25) is 0 Å². The van der Waals surface area contributed by atoms with Gasteiger partial charge in [-0.05, 0) is 18.9 Å². The zero-order chi connectivity index (χ0) is 7.68. The summed E-state index contributed by atoms with van der Waals surface area (Å²) in [5.41, 5.74) is 1.41. The molecule has 0 aromatic heterocycles. The molecule has 2 atom stereocenters. The van der Waals surface area contributed by atoms with Crippen molar-refractivity contribution in [3.63, 3.8) is 0 Å². The molecule has 1 heteroatoms. The van der Waals surface area contributed by atoms with Gasteiger partial charge in [-0.15, -0.1) is 0 Å². The molecule has 0 aromatic rings. The maximum absolute atomic E-state index is 5.40. The van der Waals surface area contributed by atoms with Crippen LogP contribution in [-0.2, 0) is 4.74 Å². The highest BCUT2D eigenvalue weighted by atomic mass is 16.6. The van der Waals surface area contributed by atoms with Crippen molar-refractivity contribution in [2.45, 2.75) is 25.6 Å². The Morgan fingerprint density at radius 1 is 1.64 bits per heavy atom. The third-order valence-electron chi connectivity index (χ3n) is 2.09. The maximum atomic E-state index is 5.40. The van der Waals surface area contributed by atoms with Gasteiger partial charge in [0.1, 0.15) is 12.2 Å². The Bertz CT molecular complexity index is 235. The minimum Gasteiger partial charge on any atom is -0.360 e. The molecule has 2 rings (SSSR count). The first-order valence-electron chi connectivity index (χ1n) is 4.05. The summed E-state index contributed by atoms with van der Waals surface area (Å²) in [4.78, 5) is 0. The lowest BCUT2D eigenvalue weighted by Crippen LogP contribution is -1.98. The molecule has 1 saturated heterocycles. The topological polar surface area (TPSA) is 12.5 Å². The van der Waals surface area contributed by atoms with Crippen LogP contribution in [0.1, 0.15) is 13.3 Å². The highest BCUT2D eigenvalue weighted by Gasteiger charge is 2.40. The molecule has 0 amide bonds. The van der Waals surface area contributed by atoms with Gasteiger partial charge in [0.15, 0.2) is 0 Å². The molecule has 2 unspecified atom stereocenters. The average molecular weight is 148 g/mol. The van der Waals surface area contributed by atoms with E-state index in [4.69, 9.17) is 4.74 Å². The number of ether oxygens (including phenoxy) is 1. The first-order valence-corrected chi connectivity index (χ1v) is 4.05. The van der Waals surface area contributed by atoms with Crippen LogP contribution in [0.3, 0.4) is 0 Å². The minimum absolute atomic E-state index is 0.403. The summed E-state index contributed by atoms with van der Waals surface area (Å²) in [7, 11) is 0. The molecule has 1 nitrogen and oxygen atoms in total. The Labute approximate surface area is 67.1 Å². The lowest BCUT2D eigenvalue weighted by Gasteiger charge is -2.00. The number of fused-ring (bicyclic) bond motifs is 1. The van der Waals surface area contributed by atoms with E-state index in [0.29, 0.717) is 12.2 Å². The van der Waals surface area contributed by atoms with E-state index in [1.807, 2.05) is 6.92 Å². The fourth-order valence-electron chi connectivity index (χ4n) is 1.39. The van der Waals surface area contributed by atoms with Crippen LogP contribution in [0.5, 0.6) is 0 Å². The molecular weight excluding hydrogens is 136 g/mol. The summed E-state index contributed by atoms with van der Waals surface area (Å²) in [6.07, 6.45) is 12.5. The molecule has 1 fully saturated rings. The van der Waals surface area contributed by atoms with E-state index in [1.165, 1.54) is 5.57 Å². The van der Waals surface area contributed by atoms with Gasteiger partial charge in [0, 0.05) is 0 Å². The van der Waals surface area contributed by atoms with Gasteiger partial charge in [-0.2, -0.15) is 0 Å². The maximum Gasteiger partial charge on any atom is 0.110 e. The van der Waals surface area contributed by atoms with Crippen LogP contribution in [-0.4, -0.2) is 12.2 Å². The summed E-state index contributed by atoms with van der Waals surface area (Å²) in [5, 5.41) is 0. The predicted octanol–water partition coefficient (Wildman–Crippen LogP) is 2.22. The van der Waals surface area contributed by atoms with E-state index < -0.39 is 0 Å². The van der Waals surface area contributed by atoms with Gasteiger partial charge in [-0.3, -0.25) is 0 Å². The number of allylic oxidation sites excluding steroid dienone is 4. The highest BCUT2D eigenvalue weighted by molar-refractivity contribution is 5.32. The van der Waals surface area contributed by atoms with E-state index in [0.717, 1.165) is 6.42 Å². The second-order valence-electron chi connectivity index (χ2n) is 2.92. The molecule has 1 heterocycles. The van der Waals surface area contributed by atoms with Gasteiger partial charge in [0.05, 0.1) is 0 Å². The number of epoxide rings is 1. The zero-order valence-electron chi connectivity index (χ0n) is 6.66. The van der Waals surface area contributed by atoms with Gasteiger partial charge in [-0.1, -0.05) is 30.4 Å². The summed E-state index contributed by atoms with van der Waals surface area (Å²) in [5.74, 6) is 0. The summed E-state index contributed by atoms with van der Waals surface area (Å²) >= 11 is 0. The first kappa shape index (κ1) is 6.86. The van der Waals surface area contributed by atoms with Crippen molar-refractivity contribution in [3.05, 3.63) is 36.0 Å². The van der Waals surface area contributed by atoms with Crippen molar-refractivity contribution >= 4 is 0 Å². The van der Waals surface area contributed by atoms with E-state index in [1.54, 1.807) is 0 Å². The van der Waals surface area contributed by atoms with Crippen LogP contribution in [0, 0.1) is 0 Å². The molecule has 0 saturated carbocycles.